The number of benzene rings is 1. The first-order chi connectivity index (χ1) is 9.13. The van der Waals surface area contributed by atoms with Gasteiger partial charge < -0.3 is 10.2 Å². The number of fused-ring (bicyclic) bond motifs is 1. The summed E-state index contributed by atoms with van der Waals surface area (Å²) in [5.41, 5.74) is 1.90. The van der Waals surface area contributed by atoms with Crippen molar-refractivity contribution in [3.05, 3.63) is 34.8 Å². The summed E-state index contributed by atoms with van der Waals surface area (Å²) in [6.07, 6.45) is 1.95. The minimum Gasteiger partial charge on any atom is -0.508 e. The number of carbonyl (C=O) groups is 1. The van der Waals surface area contributed by atoms with Gasteiger partial charge in [-0.25, -0.2) is 4.98 Å². The summed E-state index contributed by atoms with van der Waals surface area (Å²) in [4.78, 5) is 16.7. The van der Waals surface area contributed by atoms with Crippen LogP contribution in [0.25, 0.3) is 10.6 Å². The molecule has 4 nitrogen and oxygen atoms in total. The quantitative estimate of drug-likeness (QED) is 0.884. The van der Waals surface area contributed by atoms with E-state index in [0.29, 0.717) is 12.8 Å². The maximum Gasteiger partial charge on any atom is 0.306 e. The number of aliphatic carboxylic acids is 1. The number of aromatic hydroxyl groups is 1. The molecule has 0 fully saturated rings. The van der Waals surface area contributed by atoms with Gasteiger partial charge in [0.25, 0.3) is 0 Å². The zero-order valence-corrected chi connectivity index (χ0v) is 11.0. The number of nitrogens with zero attached hydrogens (tertiary/aromatic N) is 1. The van der Waals surface area contributed by atoms with Crippen LogP contribution in [0.2, 0.25) is 0 Å². The van der Waals surface area contributed by atoms with Crippen LogP contribution in [0.5, 0.6) is 5.75 Å². The van der Waals surface area contributed by atoms with E-state index < -0.39 is 5.97 Å². The average molecular weight is 275 g/mol. The van der Waals surface area contributed by atoms with Gasteiger partial charge in [0.15, 0.2) is 0 Å². The summed E-state index contributed by atoms with van der Waals surface area (Å²) < 4.78 is 0. The van der Waals surface area contributed by atoms with E-state index in [1.165, 1.54) is 11.3 Å². The zero-order chi connectivity index (χ0) is 13.4. The Kier molecular flexibility index (Phi) is 2.98. The van der Waals surface area contributed by atoms with Crippen LogP contribution in [0.1, 0.15) is 17.0 Å². The first-order valence-electron chi connectivity index (χ1n) is 6.14. The fraction of sp³-hybridized carbons (Fsp3) is 0.286. The van der Waals surface area contributed by atoms with Gasteiger partial charge in [-0.1, -0.05) is 12.1 Å². The van der Waals surface area contributed by atoms with Crippen molar-refractivity contribution < 1.29 is 15.0 Å². The number of phenols is 1. The van der Waals surface area contributed by atoms with Gasteiger partial charge >= 0.3 is 5.97 Å². The number of rotatable bonds is 2. The molecular formula is C14H13NO3S. The molecule has 0 saturated heterocycles. The number of hydrogen-bond donors (Lipinski definition) is 2. The van der Waals surface area contributed by atoms with Gasteiger partial charge in [-0.2, -0.15) is 0 Å². The molecule has 5 heteroatoms. The monoisotopic (exact) mass is 275 g/mol. The van der Waals surface area contributed by atoms with Crippen molar-refractivity contribution in [2.75, 3.05) is 0 Å². The number of thiazole rings is 1. The van der Waals surface area contributed by atoms with E-state index in [-0.39, 0.29) is 11.7 Å². The predicted octanol–water partition coefficient (Wildman–Crippen LogP) is 2.71. The largest absolute Gasteiger partial charge is 0.508 e. The average Bonchev–Trinajstić information content (AvgIpc) is 2.81. The van der Waals surface area contributed by atoms with Gasteiger partial charge in [-0.3, -0.25) is 4.79 Å². The van der Waals surface area contributed by atoms with E-state index in [4.69, 9.17) is 5.11 Å². The summed E-state index contributed by atoms with van der Waals surface area (Å²) in [6, 6.07) is 6.99. The van der Waals surface area contributed by atoms with Gasteiger partial charge in [0.05, 0.1) is 11.6 Å². The van der Waals surface area contributed by atoms with Gasteiger partial charge in [0.2, 0.25) is 0 Å². The maximum atomic E-state index is 11.0. The van der Waals surface area contributed by atoms with Crippen molar-refractivity contribution in [2.45, 2.75) is 19.3 Å². The van der Waals surface area contributed by atoms with E-state index in [0.717, 1.165) is 27.6 Å². The molecule has 0 saturated carbocycles. The standard InChI is InChI=1S/C14H13NO3S/c16-10-3-1-2-8(6-10)13-15-11-5-4-9(14(17)18)7-12(11)19-13/h1-3,6,9,16H,4-5,7H2,(H,17,18). The molecule has 3 rings (SSSR count). The Balaban J connectivity index is 1.93. The SMILES string of the molecule is O=C(O)C1CCc2nc(-c3cccc(O)c3)sc2C1. The molecule has 98 valence electrons. The fourth-order valence-electron chi connectivity index (χ4n) is 2.35. The predicted molar refractivity (Wildman–Crippen MR) is 72.4 cm³/mol. The number of carboxylic acid groups (broad SMARTS) is 1. The first-order valence-corrected chi connectivity index (χ1v) is 6.96. The number of aryl methyl sites for hydroxylation is 1. The molecule has 0 aliphatic heterocycles. The molecule has 0 radical (unpaired) electrons. The highest BCUT2D eigenvalue weighted by molar-refractivity contribution is 7.15. The van der Waals surface area contributed by atoms with Crippen LogP contribution in [-0.4, -0.2) is 21.2 Å². The van der Waals surface area contributed by atoms with Crippen LogP contribution in [0.3, 0.4) is 0 Å². The van der Waals surface area contributed by atoms with Crippen LogP contribution in [0.15, 0.2) is 24.3 Å². The van der Waals surface area contributed by atoms with Crippen molar-refractivity contribution >= 4 is 17.3 Å². The maximum absolute atomic E-state index is 11.0. The molecule has 19 heavy (non-hydrogen) atoms. The summed E-state index contributed by atoms with van der Waals surface area (Å²) in [5.74, 6) is -0.794. The highest BCUT2D eigenvalue weighted by atomic mass is 32.1. The van der Waals surface area contributed by atoms with Crippen molar-refractivity contribution in [3.63, 3.8) is 0 Å². The van der Waals surface area contributed by atoms with Gasteiger partial charge in [-0.05, 0) is 31.4 Å². The van der Waals surface area contributed by atoms with E-state index in [2.05, 4.69) is 4.98 Å². The van der Waals surface area contributed by atoms with E-state index >= 15 is 0 Å². The van der Waals surface area contributed by atoms with Crippen LogP contribution in [0.4, 0.5) is 0 Å². The lowest BCUT2D eigenvalue weighted by molar-refractivity contribution is -0.142. The molecule has 0 spiro atoms. The minimum atomic E-state index is -0.724. The second-order valence-electron chi connectivity index (χ2n) is 4.72. The topological polar surface area (TPSA) is 70.4 Å². The summed E-state index contributed by atoms with van der Waals surface area (Å²) in [5, 5.41) is 19.4. The van der Waals surface area contributed by atoms with E-state index in [9.17, 15) is 9.90 Å². The summed E-state index contributed by atoms with van der Waals surface area (Å²) >= 11 is 1.53. The number of hydrogen-bond acceptors (Lipinski definition) is 4. The highest BCUT2D eigenvalue weighted by Crippen LogP contribution is 2.35. The Hall–Kier alpha value is -1.88. The minimum absolute atomic E-state index is 0.217. The Morgan fingerprint density at radius 1 is 1.42 bits per heavy atom. The van der Waals surface area contributed by atoms with Crippen LogP contribution >= 0.6 is 11.3 Å². The zero-order valence-electron chi connectivity index (χ0n) is 10.2. The number of carboxylic acids is 1. The lowest BCUT2D eigenvalue weighted by Crippen LogP contribution is -2.21. The van der Waals surface area contributed by atoms with Crippen molar-refractivity contribution in [3.8, 4) is 16.3 Å². The Bertz CT molecular complexity index is 635. The highest BCUT2D eigenvalue weighted by Gasteiger charge is 2.27. The molecule has 1 heterocycles. The summed E-state index contributed by atoms with van der Waals surface area (Å²) in [7, 11) is 0. The lowest BCUT2D eigenvalue weighted by Gasteiger charge is -2.16. The second-order valence-corrected chi connectivity index (χ2v) is 5.80. The van der Waals surface area contributed by atoms with Crippen molar-refractivity contribution in [1.82, 2.24) is 4.98 Å². The van der Waals surface area contributed by atoms with Crippen LogP contribution in [0, 0.1) is 5.92 Å². The normalized spacial score (nSPS) is 18.0. The molecule has 1 aromatic carbocycles. The Morgan fingerprint density at radius 3 is 3.00 bits per heavy atom. The second kappa shape index (κ2) is 4.66. The molecular weight excluding hydrogens is 262 g/mol. The smallest absolute Gasteiger partial charge is 0.306 e. The molecule has 1 aliphatic rings. The Labute approximate surface area is 114 Å². The van der Waals surface area contributed by atoms with Gasteiger partial charge in [0.1, 0.15) is 10.8 Å². The molecule has 2 N–H and O–H groups in total. The molecule has 1 atom stereocenters. The molecule has 2 aromatic rings. The number of phenolic OH excluding ortho intramolecular Hbond substituents is 1. The third-order valence-corrected chi connectivity index (χ3v) is 4.55. The van der Waals surface area contributed by atoms with Gasteiger partial charge in [0, 0.05) is 10.4 Å². The molecule has 0 amide bonds. The number of aromatic nitrogens is 1. The van der Waals surface area contributed by atoms with Crippen molar-refractivity contribution in [1.29, 1.82) is 0 Å². The fourth-order valence-corrected chi connectivity index (χ4v) is 3.53. The molecule has 1 aliphatic carbocycles. The van der Waals surface area contributed by atoms with E-state index in [1.807, 2.05) is 6.07 Å². The first kappa shape index (κ1) is 12.2. The van der Waals surface area contributed by atoms with Crippen LogP contribution < -0.4 is 0 Å². The van der Waals surface area contributed by atoms with Crippen LogP contribution in [-0.2, 0) is 17.6 Å². The van der Waals surface area contributed by atoms with Gasteiger partial charge in [-0.15, -0.1) is 11.3 Å². The summed E-state index contributed by atoms with van der Waals surface area (Å²) in [6.45, 7) is 0. The third kappa shape index (κ3) is 2.33. The molecule has 0 bridgehead atoms. The Morgan fingerprint density at radius 2 is 2.26 bits per heavy atom. The van der Waals surface area contributed by atoms with Crippen molar-refractivity contribution in [2.24, 2.45) is 5.92 Å². The lowest BCUT2D eigenvalue weighted by atomic mass is 9.91. The molecule has 1 unspecified atom stereocenters. The third-order valence-electron chi connectivity index (χ3n) is 3.38. The molecule has 1 aromatic heterocycles. The van der Waals surface area contributed by atoms with E-state index in [1.54, 1.807) is 18.2 Å².